The lowest BCUT2D eigenvalue weighted by Crippen LogP contribution is -2.17. The third kappa shape index (κ3) is 2.34. The molecule has 0 spiro atoms. The first-order valence-corrected chi connectivity index (χ1v) is 4.35. The maximum absolute atomic E-state index is 9.59. The first kappa shape index (κ1) is 9.26. The van der Waals surface area contributed by atoms with Gasteiger partial charge in [-0.25, -0.2) is 0 Å². The maximum atomic E-state index is 9.59. The minimum Gasteiger partial charge on any atom is -0.372 e. The van der Waals surface area contributed by atoms with E-state index in [-0.39, 0.29) is 0 Å². The van der Waals surface area contributed by atoms with E-state index in [1.807, 2.05) is 0 Å². The molecule has 1 heterocycles. The monoisotopic (exact) mass is 167 g/mol. The Labute approximate surface area is 73.2 Å². The topological polar surface area (TPSA) is 45.0 Å². The second-order valence-electron chi connectivity index (χ2n) is 3.18. The van der Waals surface area contributed by atoms with Crippen LogP contribution in [0.25, 0.3) is 0 Å². The van der Waals surface area contributed by atoms with E-state index in [4.69, 9.17) is 0 Å². The molecule has 0 aliphatic carbocycles. The molecular formula is C9H15N2O+. The number of aliphatic imine (C=N–C) groups is 2. The SMILES string of the molecule is CCC(C)CC(O)[C+]1N=CC=N1. The number of rotatable bonds is 4. The van der Waals surface area contributed by atoms with Crippen molar-refractivity contribution in [2.24, 2.45) is 15.9 Å². The van der Waals surface area contributed by atoms with Crippen LogP contribution in [0.15, 0.2) is 9.98 Å². The summed E-state index contributed by atoms with van der Waals surface area (Å²) in [4.78, 5) is 7.88. The molecule has 0 bridgehead atoms. The molecule has 3 heteroatoms. The highest BCUT2D eigenvalue weighted by Crippen LogP contribution is 2.20. The van der Waals surface area contributed by atoms with Crippen molar-refractivity contribution in [1.29, 1.82) is 0 Å². The van der Waals surface area contributed by atoms with Crippen LogP contribution in [0.3, 0.4) is 0 Å². The van der Waals surface area contributed by atoms with Crippen molar-refractivity contribution >= 4 is 12.4 Å². The summed E-state index contributed by atoms with van der Waals surface area (Å²) >= 11 is 0. The van der Waals surface area contributed by atoms with Gasteiger partial charge in [0.1, 0.15) is 0 Å². The van der Waals surface area contributed by atoms with Crippen LogP contribution in [0, 0.1) is 12.1 Å². The molecule has 66 valence electrons. The minimum atomic E-state index is -0.491. The largest absolute Gasteiger partial charge is 0.372 e. The molecule has 1 rings (SSSR count). The predicted molar refractivity (Wildman–Crippen MR) is 50.3 cm³/mol. The first-order valence-electron chi connectivity index (χ1n) is 4.35. The third-order valence-corrected chi connectivity index (χ3v) is 2.10. The van der Waals surface area contributed by atoms with Gasteiger partial charge in [0.05, 0.1) is 0 Å². The molecule has 0 aromatic rings. The molecule has 12 heavy (non-hydrogen) atoms. The normalized spacial score (nSPS) is 20.1. The average molecular weight is 167 g/mol. The highest BCUT2D eigenvalue weighted by atomic mass is 16.3. The van der Waals surface area contributed by atoms with Crippen LogP contribution in [-0.4, -0.2) is 23.6 Å². The number of aliphatic hydroxyl groups excluding tert-OH is 1. The number of aliphatic hydroxyl groups is 1. The van der Waals surface area contributed by atoms with Crippen molar-refractivity contribution in [3.05, 3.63) is 6.17 Å². The summed E-state index contributed by atoms with van der Waals surface area (Å²) in [5.41, 5.74) is 0. The lowest BCUT2D eigenvalue weighted by atomic mass is 10.00. The lowest BCUT2D eigenvalue weighted by molar-refractivity contribution is 0.155. The number of nitrogens with zero attached hydrogens (tertiary/aromatic N) is 2. The average Bonchev–Trinajstić information content (AvgIpc) is 2.56. The summed E-state index contributed by atoms with van der Waals surface area (Å²) in [6, 6.07) is 0. The first-order chi connectivity index (χ1) is 5.74. The predicted octanol–water partition coefficient (Wildman–Crippen LogP) is 1.43. The highest BCUT2D eigenvalue weighted by molar-refractivity contribution is 6.18. The van der Waals surface area contributed by atoms with E-state index in [0.717, 1.165) is 12.8 Å². The fourth-order valence-electron chi connectivity index (χ4n) is 1.08. The Bertz CT molecular complexity index is 177. The van der Waals surface area contributed by atoms with Gasteiger partial charge in [-0.3, -0.25) is 0 Å². The van der Waals surface area contributed by atoms with Crippen LogP contribution in [0.4, 0.5) is 0 Å². The summed E-state index contributed by atoms with van der Waals surface area (Å²) in [6.45, 7) is 4.23. The Kier molecular flexibility index (Phi) is 3.29. The molecule has 3 nitrogen and oxygen atoms in total. The zero-order valence-corrected chi connectivity index (χ0v) is 7.57. The molecule has 2 atom stereocenters. The Hall–Kier alpha value is -0.830. The minimum absolute atomic E-state index is 0.491. The van der Waals surface area contributed by atoms with Crippen molar-refractivity contribution in [2.45, 2.75) is 32.8 Å². The molecule has 0 saturated carbocycles. The van der Waals surface area contributed by atoms with Crippen LogP contribution >= 0.6 is 0 Å². The Morgan fingerprint density at radius 3 is 2.50 bits per heavy atom. The van der Waals surface area contributed by atoms with Gasteiger partial charge in [0, 0.05) is 0 Å². The van der Waals surface area contributed by atoms with E-state index in [0.29, 0.717) is 12.1 Å². The van der Waals surface area contributed by atoms with Crippen LogP contribution in [0.1, 0.15) is 26.7 Å². The van der Waals surface area contributed by atoms with Crippen LogP contribution in [0.2, 0.25) is 0 Å². The van der Waals surface area contributed by atoms with Gasteiger partial charge in [0.25, 0.3) is 6.17 Å². The molecule has 1 aliphatic rings. The second kappa shape index (κ2) is 4.26. The second-order valence-corrected chi connectivity index (χ2v) is 3.18. The summed E-state index contributed by atoms with van der Waals surface area (Å²) in [7, 11) is 0. The van der Waals surface area contributed by atoms with Crippen LogP contribution < -0.4 is 0 Å². The lowest BCUT2D eigenvalue weighted by Gasteiger charge is -2.11. The van der Waals surface area contributed by atoms with Crippen molar-refractivity contribution in [2.75, 3.05) is 0 Å². The van der Waals surface area contributed by atoms with Crippen LogP contribution in [-0.2, 0) is 0 Å². The van der Waals surface area contributed by atoms with Gasteiger partial charge in [-0.15, -0.1) is 0 Å². The van der Waals surface area contributed by atoms with Gasteiger partial charge in [-0.2, -0.15) is 0 Å². The van der Waals surface area contributed by atoms with Crippen molar-refractivity contribution in [3.63, 3.8) is 0 Å². The summed E-state index contributed by atoms with van der Waals surface area (Å²) in [5, 5.41) is 9.59. The number of hydrogen-bond donors (Lipinski definition) is 1. The number of hydrogen-bond acceptors (Lipinski definition) is 3. The van der Waals surface area contributed by atoms with Gasteiger partial charge in [-0.05, 0) is 12.3 Å². The van der Waals surface area contributed by atoms with Crippen molar-refractivity contribution in [3.8, 4) is 0 Å². The molecule has 0 radical (unpaired) electrons. The fourth-order valence-corrected chi connectivity index (χ4v) is 1.08. The molecule has 1 aliphatic heterocycles. The Morgan fingerprint density at radius 1 is 1.42 bits per heavy atom. The van der Waals surface area contributed by atoms with Gasteiger partial charge < -0.3 is 5.11 Å². The van der Waals surface area contributed by atoms with E-state index in [1.54, 1.807) is 12.4 Å². The van der Waals surface area contributed by atoms with Crippen molar-refractivity contribution in [1.82, 2.24) is 0 Å². The zero-order valence-electron chi connectivity index (χ0n) is 7.57. The van der Waals surface area contributed by atoms with Gasteiger partial charge >= 0.3 is 0 Å². The molecule has 0 fully saturated rings. The zero-order chi connectivity index (χ0) is 8.97. The van der Waals surface area contributed by atoms with E-state index >= 15 is 0 Å². The smallest absolute Gasteiger partial charge is 0.269 e. The van der Waals surface area contributed by atoms with Crippen molar-refractivity contribution < 1.29 is 5.11 Å². The summed E-state index contributed by atoms with van der Waals surface area (Å²) in [5.74, 6) is 0.526. The van der Waals surface area contributed by atoms with E-state index in [2.05, 4.69) is 23.8 Å². The molecule has 0 saturated heterocycles. The van der Waals surface area contributed by atoms with Gasteiger partial charge in [0.2, 0.25) is 0 Å². The summed E-state index contributed by atoms with van der Waals surface area (Å²) in [6.07, 6.45) is 5.10. The fraction of sp³-hybridized carbons (Fsp3) is 0.667. The maximum Gasteiger partial charge on any atom is 0.269 e. The molecule has 2 unspecified atom stereocenters. The Balaban J connectivity index is 2.32. The molecule has 1 N–H and O–H groups in total. The quantitative estimate of drug-likeness (QED) is 0.632. The van der Waals surface area contributed by atoms with Crippen LogP contribution in [0.5, 0.6) is 0 Å². The third-order valence-electron chi connectivity index (χ3n) is 2.10. The van der Waals surface area contributed by atoms with E-state index < -0.39 is 6.10 Å². The molecular weight excluding hydrogens is 152 g/mol. The van der Waals surface area contributed by atoms with Gasteiger partial charge in [0.15, 0.2) is 18.5 Å². The van der Waals surface area contributed by atoms with E-state index in [9.17, 15) is 5.11 Å². The summed E-state index contributed by atoms with van der Waals surface area (Å²) < 4.78 is 0. The van der Waals surface area contributed by atoms with E-state index in [1.165, 1.54) is 0 Å². The molecule has 0 amide bonds. The highest BCUT2D eigenvalue weighted by Gasteiger charge is 2.27. The Morgan fingerprint density at radius 2 is 2.00 bits per heavy atom. The molecule has 0 aromatic heterocycles. The standard InChI is InChI=1S/C9H15N2O/c1-3-7(2)6-8(12)9-10-4-5-11-9/h4-5,7-8,12H,3,6H2,1-2H3/q+1. The molecule has 0 aromatic carbocycles. The van der Waals surface area contributed by atoms with Gasteiger partial charge in [-0.1, -0.05) is 30.3 Å².